The van der Waals surface area contributed by atoms with Crippen molar-refractivity contribution in [2.24, 2.45) is 5.92 Å². The van der Waals surface area contributed by atoms with Gasteiger partial charge in [-0.05, 0) is 12.7 Å². The van der Waals surface area contributed by atoms with E-state index in [1.54, 1.807) is 18.9 Å². The third-order valence-electron chi connectivity index (χ3n) is 1.57. The van der Waals surface area contributed by atoms with Crippen molar-refractivity contribution < 1.29 is 14.3 Å². The van der Waals surface area contributed by atoms with Crippen molar-refractivity contribution in [2.75, 3.05) is 32.8 Å². The molecule has 0 saturated carbocycles. The normalized spacial score (nSPS) is 12.6. The van der Waals surface area contributed by atoms with Gasteiger partial charge in [-0.2, -0.15) is 11.8 Å². The summed E-state index contributed by atoms with van der Waals surface area (Å²) >= 11 is 1.65. The van der Waals surface area contributed by atoms with Crippen LogP contribution in [0.5, 0.6) is 0 Å². The van der Waals surface area contributed by atoms with Crippen LogP contribution in [0, 0.1) is 5.92 Å². The van der Waals surface area contributed by atoms with Crippen LogP contribution in [0.25, 0.3) is 0 Å². The maximum atomic E-state index is 11.1. The number of hydrogen-bond donors (Lipinski definition) is 0. The van der Waals surface area contributed by atoms with Crippen LogP contribution in [0.15, 0.2) is 0 Å². The molecule has 0 heterocycles. The van der Waals surface area contributed by atoms with Crippen molar-refractivity contribution in [3.63, 3.8) is 0 Å². The Kier molecular flexibility index (Phi) is 7.29. The summed E-state index contributed by atoms with van der Waals surface area (Å²) in [6.45, 7) is 0.611. The summed E-state index contributed by atoms with van der Waals surface area (Å²) in [4.78, 5) is 11.1. The highest BCUT2D eigenvalue weighted by molar-refractivity contribution is 7.98. The number of carbonyl (C=O) groups is 1. The predicted octanol–water partition coefficient (Wildman–Crippen LogP) is 1.18. The van der Waals surface area contributed by atoms with Crippen molar-refractivity contribution in [3.8, 4) is 0 Å². The Labute approximate surface area is 77.8 Å². The highest BCUT2D eigenvalue weighted by atomic mass is 32.2. The zero-order valence-electron chi connectivity index (χ0n) is 7.83. The average Bonchev–Trinajstić information content (AvgIpc) is 2.11. The predicted molar refractivity (Wildman–Crippen MR) is 50.4 cm³/mol. The molecular weight excluding hydrogens is 176 g/mol. The first-order chi connectivity index (χ1) is 5.76. The maximum absolute atomic E-state index is 11.1. The summed E-state index contributed by atoms with van der Waals surface area (Å²) in [5.41, 5.74) is 0. The number of methoxy groups -OCH3 is 2. The molecule has 0 aromatic heterocycles. The first-order valence-corrected chi connectivity index (χ1v) is 5.21. The van der Waals surface area contributed by atoms with Crippen LogP contribution in [0.3, 0.4) is 0 Å². The van der Waals surface area contributed by atoms with Gasteiger partial charge in [-0.1, -0.05) is 0 Å². The SMILES string of the molecule is COCCC(CSC)C(=O)OC. The van der Waals surface area contributed by atoms with Gasteiger partial charge in [-0.25, -0.2) is 0 Å². The summed E-state index contributed by atoms with van der Waals surface area (Å²) in [5, 5.41) is 0. The lowest BCUT2D eigenvalue weighted by atomic mass is 10.1. The molecule has 0 bridgehead atoms. The zero-order chi connectivity index (χ0) is 9.40. The second-order valence-electron chi connectivity index (χ2n) is 2.46. The van der Waals surface area contributed by atoms with Gasteiger partial charge >= 0.3 is 5.97 Å². The molecule has 1 unspecified atom stereocenters. The third-order valence-corrected chi connectivity index (χ3v) is 2.31. The van der Waals surface area contributed by atoms with Crippen LogP contribution >= 0.6 is 11.8 Å². The molecule has 1 atom stereocenters. The second kappa shape index (κ2) is 7.43. The Balaban J connectivity index is 3.76. The van der Waals surface area contributed by atoms with Crippen LogP contribution in [-0.4, -0.2) is 38.8 Å². The zero-order valence-corrected chi connectivity index (χ0v) is 8.65. The quantitative estimate of drug-likeness (QED) is 0.592. The number of carbonyl (C=O) groups excluding carboxylic acids is 1. The Hall–Kier alpha value is -0.220. The van der Waals surface area contributed by atoms with Gasteiger partial charge < -0.3 is 9.47 Å². The van der Waals surface area contributed by atoms with Gasteiger partial charge in [0.2, 0.25) is 0 Å². The highest BCUT2D eigenvalue weighted by Crippen LogP contribution is 2.11. The van der Waals surface area contributed by atoms with E-state index in [1.807, 2.05) is 6.26 Å². The van der Waals surface area contributed by atoms with E-state index in [2.05, 4.69) is 4.74 Å². The lowest BCUT2D eigenvalue weighted by Gasteiger charge is -2.11. The fourth-order valence-electron chi connectivity index (χ4n) is 0.897. The molecule has 0 radical (unpaired) electrons. The van der Waals surface area contributed by atoms with Gasteiger partial charge in [0.25, 0.3) is 0 Å². The molecule has 72 valence electrons. The van der Waals surface area contributed by atoms with Gasteiger partial charge in [0.1, 0.15) is 0 Å². The van der Waals surface area contributed by atoms with E-state index in [-0.39, 0.29) is 11.9 Å². The van der Waals surface area contributed by atoms with Gasteiger partial charge in [0, 0.05) is 19.5 Å². The Morgan fingerprint density at radius 2 is 2.17 bits per heavy atom. The summed E-state index contributed by atoms with van der Waals surface area (Å²) in [6, 6.07) is 0. The minimum absolute atomic E-state index is 0.0232. The fourth-order valence-corrected chi connectivity index (χ4v) is 1.60. The number of esters is 1. The number of thioether (sulfide) groups is 1. The van der Waals surface area contributed by atoms with E-state index >= 15 is 0 Å². The van der Waals surface area contributed by atoms with Gasteiger partial charge in [-0.3, -0.25) is 4.79 Å². The van der Waals surface area contributed by atoms with Crippen molar-refractivity contribution in [1.29, 1.82) is 0 Å². The van der Waals surface area contributed by atoms with E-state index < -0.39 is 0 Å². The molecule has 12 heavy (non-hydrogen) atoms. The van der Waals surface area contributed by atoms with Crippen LogP contribution in [0.2, 0.25) is 0 Å². The van der Waals surface area contributed by atoms with Gasteiger partial charge in [-0.15, -0.1) is 0 Å². The molecule has 0 aliphatic carbocycles. The topological polar surface area (TPSA) is 35.5 Å². The molecule has 0 fully saturated rings. The lowest BCUT2D eigenvalue weighted by molar-refractivity contribution is -0.145. The maximum Gasteiger partial charge on any atom is 0.309 e. The Morgan fingerprint density at radius 1 is 1.50 bits per heavy atom. The monoisotopic (exact) mass is 192 g/mol. The van der Waals surface area contributed by atoms with Crippen LogP contribution in [0.1, 0.15) is 6.42 Å². The minimum atomic E-state index is -0.138. The smallest absolute Gasteiger partial charge is 0.309 e. The molecule has 3 nitrogen and oxygen atoms in total. The highest BCUT2D eigenvalue weighted by Gasteiger charge is 2.17. The van der Waals surface area contributed by atoms with E-state index in [4.69, 9.17) is 4.74 Å². The molecule has 0 aromatic carbocycles. The van der Waals surface area contributed by atoms with Crippen molar-refractivity contribution >= 4 is 17.7 Å². The molecule has 0 aliphatic heterocycles. The minimum Gasteiger partial charge on any atom is -0.469 e. The number of hydrogen-bond acceptors (Lipinski definition) is 4. The summed E-state index contributed by atoms with van der Waals surface area (Å²) in [7, 11) is 3.05. The lowest BCUT2D eigenvalue weighted by Crippen LogP contribution is -2.20. The van der Waals surface area contributed by atoms with Crippen molar-refractivity contribution in [2.45, 2.75) is 6.42 Å². The Morgan fingerprint density at radius 3 is 2.58 bits per heavy atom. The van der Waals surface area contributed by atoms with Gasteiger partial charge in [0.05, 0.1) is 13.0 Å². The van der Waals surface area contributed by atoms with Crippen LogP contribution < -0.4 is 0 Å². The summed E-state index contributed by atoms with van der Waals surface area (Å²) in [5.74, 6) is 0.641. The molecular formula is C8H16O3S. The molecule has 0 rings (SSSR count). The van der Waals surface area contributed by atoms with E-state index in [1.165, 1.54) is 7.11 Å². The largest absolute Gasteiger partial charge is 0.469 e. The molecule has 0 aromatic rings. The summed E-state index contributed by atoms with van der Waals surface area (Å²) in [6.07, 6.45) is 2.72. The van der Waals surface area contributed by atoms with Gasteiger partial charge in [0.15, 0.2) is 0 Å². The molecule has 0 amide bonds. The van der Waals surface area contributed by atoms with Crippen LogP contribution in [0.4, 0.5) is 0 Å². The standard InChI is InChI=1S/C8H16O3S/c1-10-5-4-7(6-12-3)8(9)11-2/h7H,4-6H2,1-3H3. The van der Waals surface area contributed by atoms with Crippen molar-refractivity contribution in [1.82, 2.24) is 0 Å². The molecule has 0 N–H and O–H groups in total. The molecule has 0 aliphatic rings. The fraction of sp³-hybridized carbons (Fsp3) is 0.875. The summed E-state index contributed by atoms with van der Waals surface area (Å²) < 4.78 is 9.55. The van der Waals surface area contributed by atoms with E-state index in [9.17, 15) is 4.79 Å². The van der Waals surface area contributed by atoms with Crippen LogP contribution in [-0.2, 0) is 14.3 Å². The molecule has 4 heteroatoms. The number of rotatable bonds is 6. The number of ether oxygens (including phenoxy) is 2. The average molecular weight is 192 g/mol. The second-order valence-corrected chi connectivity index (χ2v) is 3.37. The molecule has 0 spiro atoms. The first-order valence-electron chi connectivity index (χ1n) is 3.82. The molecule has 0 saturated heterocycles. The van der Waals surface area contributed by atoms with E-state index in [0.717, 1.165) is 12.2 Å². The van der Waals surface area contributed by atoms with Crippen molar-refractivity contribution in [3.05, 3.63) is 0 Å². The first kappa shape index (κ1) is 11.8. The van der Waals surface area contributed by atoms with E-state index in [0.29, 0.717) is 6.61 Å². The third kappa shape index (κ3) is 4.62. The Bertz CT molecular complexity index is 127.